The number of rotatable bonds is 6. The number of benzene rings is 1. The van der Waals surface area contributed by atoms with E-state index >= 15 is 0 Å². The SMILES string of the molecule is CC(C)CCC(C)(O)CNc1ccc(C#N)cc1F. The van der Waals surface area contributed by atoms with Crippen molar-refractivity contribution in [1.29, 1.82) is 5.26 Å². The summed E-state index contributed by atoms with van der Waals surface area (Å²) >= 11 is 0. The summed E-state index contributed by atoms with van der Waals surface area (Å²) in [7, 11) is 0. The van der Waals surface area contributed by atoms with Crippen LogP contribution in [0.4, 0.5) is 10.1 Å². The van der Waals surface area contributed by atoms with E-state index in [1.165, 1.54) is 12.1 Å². The molecular formula is C15H21FN2O. The Morgan fingerprint density at radius 1 is 1.47 bits per heavy atom. The van der Waals surface area contributed by atoms with Crippen LogP contribution in [0, 0.1) is 23.1 Å². The number of halogens is 1. The van der Waals surface area contributed by atoms with Gasteiger partial charge in [-0.3, -0.25) is 0 Å². The maximum Gasteiger partial charge on any atom is 0.147 e. The zero-order chi connectivity index (χ0) is 14.5. The lowest BCUT2D eigenvalue weighted by Crippen LogP contribution is -2.34. The van der Waals surface area contributed by atoms with Crippen molar-refractivity contribution in [3.8, 4) is 6.07 Å². The van der Waals surface area contributed by atoms with Gasteiger partial charge in [0.2, 0.25) is 0 Å². The average Bonchev–Trinajstić information content (AvgIpc) is 2.35. The second-order valence-corrected chi connectivity index (χ2v) is 5.59. The van der Waals surface area contributed by atoms with Crippen molar-refractivity contribution in [2.24, 2.45) is 5.92 Å². The number of hydrogen-bond donors (Lipinski definition) is 2. The van der Waals surface area contributed by atoms with E-state index in [0.717, 1.165) is 6.42 Å². The van der Waals surface area contributed by atoms with E-state index in [2.05, 4.69) is 19.2 Å². The molecule has 3 nitrogen and oxygen atoms in total. The summed E-state index contributed by atoms with van der Waals surface area (Å²) < 4.78 is 13.6. The van der Waals surface area contributed by atoms with Crippen LogP contribution < -0.4 is 5.32 Å². The summed E-state index contributed by atoms with van der Waals surface area (Å²) in [6.07, 6.45) is 1.58. The van der Waals surface area contributed by atoms with Crippen molar-refractivity contribution < 1.29 is 9.50 Å². The maximum atomic E-state index is 13.6. The van der Waals surface area contributed by atoms with E-state index < -0.39 is 11.4 Å². The smallest absolute Gasteiger partial charge is 0.147 e. The molecule has 0 aromatic heterocycles. The van der Waals surface area contributed by atoms with Crippen LogP contribution in [0.3, 0.4) is 0 Å². The molecule has 4 heteroatoms. The van der Waals surface area contributed by atoms with Gasteiger partial charge < -0.3 is 10.4 Å². The Kier molecular flexibility index (Phi) is 5.31. The van der Waals surface area contributed by atoms with Crippen LogP contribution in [0.2, 0.25) is 0 Å². The summed E-state index contributed by atoms with van der Waals surface area (Å²) in [5, 5.41) is 21.7. The molecule has 0 saturated heterocycles. The molecule has 1 unspecified atom stereocenters. The third kappa shape index (κ3) is 5.27. The van der Waals surface area contributed by atoms with Crippen molar-refractivity contribution in [2.45, 2.75) is 39.2 Å². The van der Waals surface area contributed by atoms with Gasteiger partial charge in [0, 0.05) is 6.54 Å². The first kappa shape index (κ1) is 15.5. The van der Waals surface area contributed by atoms with E-state index in [1.807, 2.05) is 6.07 Å². The highest BCUT2D eigenvalue weighted by molar-refractivity contribution is 5.48. The monoisotopic (exact) mass is 264 g/mol. The van der Waals surface area contributed by atoms with Gasteiger partial charge >= 0.3 is 0 Å². The predicted molar refractivity (Wildman–Crippen MR) is 74.3 cm³/mol. The molecule has 0 amide bonds. The van der Waals surface area contributed by atoms with Gasteiger partial charge in [-0.1, -0.05) is 13.8 Å². The van der Waals surface area contributed by atoms with Gasteiger partial charge in [-0.2, -0.15) is 5.26 Å². The molecule has 1 aromatic carbocycles. The van der Waals surface area contributed by atoms with E-state index in [-0.39, 0.29) is 12.1 Å². The molecule has 2 N–H and O–H groups in total. The van der Waals surface area contributed by atoms with Crippen LogP contribution in [0.1, 0.15) is 39.2 Å². The minimum atomic E-state index is -0.870. The van der Waals surface area contributed by atoms with Crippen LogP contribution >= 0.6 is 0 Å². The number of nitrogens with one attached hydrogen (secondary N) is 1. The molecule has 0 fully saturated rings. The zero-order valence-corrected chi connectivity index (χ0v) is 11.7. The van der Waals surface area contributed by atoms with Gasteiger partial charge in [0.25, 0.3) is 0 Å². The third-order valence-electron chi connectivity index (χ3n) is 3.02. The van der Waals surface area contributed by atoms with E-state index in [1.54, 1.807) is 13.0 Å². The lowest BCUT2D eigenvalue weighted by molar-refractivity contribution is 0.0585. The largest absolute Gasteiger partial charge is 0.388 e. The Labute approximate surface area is 114 Å². The second-order valence-electron chi connectivity index (χ2n) is 5.59. The van der Waals surface area contributed by atoms with Crippen LogP contribution in [0.15, 0.2) is 18.2 Å². The molecule has 0 radical (unpaired) electrons. The molecule has 1 aromatic rings. The number of nitriles is 1. The minimum Gasteiger partial charge on any atom is -0.388 e. The molecule has 0 bridgehead atoms. The van der Waals surface area contributed by atoms with E-state index in [9.17, 15) is 9.50 Å². The summed E-state index contributed by atoms with van der Waals surface area (Å²) in [4.78, 5) is 0. The molecule has 0 aliphatic carbocycles. The predicted octanol–water partition coefficient (Wildman–Crippen LogP) is 3.30. The van der Waals surface area contributed by atoms with Crippen molar-refractivity contribution in [3.05, 3.63) is 29.6 Å². The summed E-state index contributed by atoms with van der Waals surface area (Å²) in [6.45, 7) is 6.22. The zero-order valence-electron chi connectivity index (χ0n) is 11.7. The number of aliphatic hydroxyl groups is 1. The Bertz CT molecular complexity index is 464. The first-order chi connectivity index (χ1) is 8.84. The molecular weight excluding hydrogens is 243 g/mol. The van der Waals surface area contributed by atoms with Crippen LogP contribution in [-0.4, -0.2) is 17.3 Å². The fourth-order valence-corrected chi connectivity index (χ4v) is 1.70. The summed E-state index contributed by atoms with van der Waals surface area (Å²) in [6, 6.07) is 6.14. The van der Waals surface area contributed by atoms with Crippen molar-refractivity contribution in [3.63, 3.8) is 0 Å². The normalized spacial score (nSPS) is 13.9. The first-order valence-corrected chi connectivity index (χ1v) is 6.50. The quantitative estimate of drug-likeness (QED) is 0.829. The molecule has 0 spiro atoms. The van der Waals surface area contributed by atoms with Crippen LogP contribution in [0.5, 0.6) is 0 Å². The molecule has 19 heavy (non-hydrogen) atoms. The highest BCUT2D eigenvalue weighted by Crippen LogP contribution is 2.20. The fraction of sp³-hybridized carbons (Fsp3) is 0.533. The maximum absolute atomic E-state index is 13.6. The Balaban J connectivity index is 2.59. The van der Waals surface area contributed by atoms with Crippen LogP contribution in [0.25, 0.3) is 0 Å². The molecule has 0 aliphatic heterocycles. The Morgan fingerprint density at radius 3 is 2.68 bits per heavy atom. The highest BCUT2D eigenvalue weighted by Gasteiger charge is 2.20. The van der Waals surface area contributed by atoms with Crippen LogP contribution in [-0.2, 0) is 0 Å². The first-order valence-electron chi connectivity index (χ1n) is 6.50. The van der Waals surface area contributed by atoms with E-state index in [4.69, 9.17) is 5.26 Å². The summed E-state index contributed by atoms with van der Waals surface area (Å²) in [5.41, 5.74) is -0.275. The lowest BCUT2D eigenvalue weighted by Gasteiger charge is -2.25. The van der Waals surface area contributed by atoms with Crippen molar-refractivity contribution in [2.75, 3.05) is 11.9 Å². The summed E-state index contributed by atoms with van der Waals surface area (Å²) in [5.74, 6) is 0.0526. The number of hydrogen-bond acceptors (Lipinski definition) is 3. The Hall–Kier alpha value is -1.60. The standard InChI is InChI=1S/C15H21FN2O/c1-11(2)6-7-15(3,19)10-18-14-5-4-12(9-17)8-13(14)16/h4-5,8,11,18-19H,6-7,10H2,1-3H3. The molecule has 1 atom stereocenters. The molecule has 104 valence electrons. The van der Waals surface area contributed by atoms with Gasteiger partial charge in [0.1, 0.15) is 5.82 Å². The number of anilines is 1. The van der Waals surface area contributed by atoms with Gasteiger partial charge in [-0.25, -0.2) is 4.39 Å². The second kappa shape index (κ2) is 6.53. The molecule has 0 saturated carbocycles. The molecule has 0 aliphatic rings. The van der Waals surface area contributed by atoms with Crippen molar-refractivity contribution >= 4 is 5.69 Å². The fourth-order valence-electron chi connectivity index (χ4n) is 1.70. The lowest BCUT2D eigenvalue weighted by atomic mass is 9.95. The third-order valence-corrected chi connectivity index (χ3v) is 3.02. The van der Waals surface area contributed by atoms with Gasteiger partial charge in [0.15, 0.2) is 0 Å². The molecule has 1 rings (SSSR count). The average molecular weight is 264 g/mol. The van der Waals surface area contributed by atoms with Gasteiger partial charge in [-0.15, -0.1) is 0 Å². The van der Waals surface area contributed by atoms with Gasteiger partial charge in [-0.05, 0) is 43.9 Å². The van der Waals surface area contributed by atoms with Gasteiger partial charge in [0.05, 0.1) is 22.9 Å². The topological polar surface area (TPSA) is 56.0 Å². The minimum absolute atomic E-state index is 0.280. The van der Waals surface area contributed by atoms with E-state index in [0.29, 0.717) is 18.0 Å². The highest BCUT2D eigenvalue weighted by atomic mass is 19.1. The number of nitrogens with zero attached hydrogens (tertiary/aromatic N) is 1. The van der Waals surface area contributed by atoms with Crippen molar-refractivity contribution in [1.82, 2.24) is 0 Å². The Morgan fingerprint density at radius 2 is 2.16 bits per heavy atom. The molecule has 0 heterocycles.